The van der Waals surface area contributed by atoms with Crippen LogP contribution in [0.2, 0.25) is 0 Å². The normalized spacial score (nSPS) is 10.6. The Hall–Kier alpha value is -4.91. The SMILES string of the molecule is COc1cc2c(Oc3ccc(NC(=O)c4ccccc4)cc3)ncnc2cc1OCc1ccccc1. The quantitative estimate of drug-likeness (QED) is 0.284. The fourth-order valence-electron chi connectivity index (χ4n) is 3.64. The Kier molecular flexibility index (Phi) is 6.71. The fraction of sp³-hybridized carbons (Fsp3) is 0.0690. The summed E-state index contributed by atoms with van der Waals surface area (Å²) in [6, 6.07) is 29.6. The van der Waals surface area contributed by atoms with E-state index in [9.17, 15) is 4.79 Å². The van der Waals surface area contributed by atoms with Crippen LogP contribution in [0.3, 0.4) is 0 Å². The van der Waals surface area contributed by atoms with Gasteiger partial charge in [0.1, 0.15) is 18.7 Å². The van der Waals surface area contributed by atoms with Crippen molar-refractivity contribution in [3.63, 3.8) is 0 Å². The molecule has 0 bridgehead atoms. The van der Waals surface area contributed by atoms with Crippen LogP contribution in [0.1, 0.15) is 15.9 Å². The van der Waals surface area contributed by atoms with Gasteiger partial charge >= 0.3 is 0 Å². The summed E-state index contributed by atoms with van der Waals surface area (Å²) in [7, 11) is 1.59. The van der Waals surface area contributed by atoms with Gasteiger partial charge in [0.25, 0.3) is 5.91 Å². The van der Waals surface area contributed by atoms with Crippen LogP contribution in [0, 0.1) is 0 Å². The maximum Gasteiger partial charge on any atom is 0.255 e. The van der Waals surface area contributed by atoms with Gasteiger partial charge in [-0.15, -0.1) is 0 Å². The monoisotopic (exact) mass is 477 g/mol. The summed E-state index contributed by atoms with van der Waals surface area (Å²) in [4.78, 5) is 21.1. The summed E-state index contributed by atoms with van der Waals surface area (Å²) in [6.45, 7) is 0.407. The lowest BCUT2D eigenvalue weighted by atomic mass is 10.2. The second-order valence-electron chi connectivity index (χ2n) is 7.92. The molecule has 7 heteroatoms. The average Bonchev–Trinajstić information content (AvgIpc) is 2.93. The highest BCUT2D eigenvalue weighted by Crippen LogP contribution is 2.36. The molecule has 0 atom stereocenters. The molecular formula is C29H23N3O4. The van der Waals surface area contributed by atoms with E-state index in [1.54, 1.807) is 49.6 Å². The molecule has 5 rings (SSSR count). The standard InChI is InChI=1S/C29H23N3O4/c1-34-26-16-24-25(17-27(26)35-18-20-8-4-2-5-9-20)30-19-31-29(24)36-23-14-12-22(13-15-23)32-28(33)21-10-6-3-7-11-21/h2-17,19H,18H2,1H3,(H,32,33). The van der Waals surface area contributed by atoms with Crippen molar-refractivity contribution in [2.75, 3.05) is 12.4 Å². The van der Waals surface area contributed by atoms with Gasteiger partial charge in [0.05, 0.1) is 18.0 Å². The third-order valence-corrected chi connectivity index (χ3v) is 5.48. The molecule has 0 saturated heterocycles. The minimum Gasteiger partial charge on any atom is -0.493 e. The van der Waals surface area contributed by atoms with Gasteiger partial charge in [-0.3, -0.25) is 4.79 Å². The van der Waals surface area contributed by atoms with Crippen molar-refractivity contribution in [2.45, 2.75) is 6.61 Å². The van der Waals surface area contributed by atoms with Gasteiger partial charge in [-0.25, -0.2) is 9.97 Å². The first kappa shape index (κ1) is 22.9. The molecule has 1 heterocycles. The fourth-order valence-corrected chi connectivity index (χ4v) is 3.64. The van der Waals surface area contributed by atoms with Crippen molar-refractivity contribution < 1.29 is 19.0 Å². The van der Waals surface area contributed by atoms with Crippen LogP contribution in [-0.4, -0.2) is 23.0 Å². The number of fused-ring (bicyclic) bond motifs is 1. The summed E-state index contributed by atoms with van der Waals surface area (Å²) in [5.74, 6) is 1.91. The number of hydrogen-bond acceptors (Lipinski definition) is 6. The predicted octanol–water partition coefficient (Wildman–Crippen LogP) is 6.26. The van der Waals surface area contributed by atoms with Crippen LogP contribution in [0.4, 0.5) is 5.69 Å². The molecular weight excluding hydrogens is 454 g/mol. The molecule has 0 saturated carbocycles. The highest BCUT2D eigenvalue weighted by atomic mass is 16.5. The van der Waals surface area contributed by atoms with Crippen molar-refractivity contribution in [3.8, 4) is 23.1 Å². The number of aromatic nitrogens is 2. The smallest absolute Gasteiger partial charge is 0.255 e. The second kappa shape index (κ2) is 10.6. The van der Waals surface area contributed by atoms with E-state index in [0.717, 1.165) is 5.56 Å². The van der Waals surface area contributed by atoms with Crippen molar-refractivity contribution in [3.05, 3.63) is 115 Å². The highest BCUT2D eigenvalue weighted by molar-refractivity contribution is 6.04. The molecule has 0 aliphatic carbocycles. The molecule has 7 nitrogen and oxygen atoms in total. The van der Waals surface area contributed by atoms with Crippen LogP contribution in [0.5, 0.6) is 23.1 Å². The van der Waals surface area contributed by atoms with Crippen LogP contribution in [0.25, 0.3) is 10.9 Å². The van der Waals surface area contributed by atoms with E-state index in [1.165, 1.54) is 6.33 Å². The molecule has 0 radical (unpaired) electrons. The average molecular weight is 478 g/mol. The number of anilines is 1. The molecule has 0 aliphatic rings. The topological polar surface area (TPSA) is 82.6 Å². The van der Waals surface area contributed by atoms with Crippen LogP contribution in [0.15, 0.2) is 103 Å². The second-order valence-corrected chi connectivity index (χ2v) is 7.92. The third-order valence-electron chi connectivity index (χ3n) is 5.48. The summed E-state index contributed by atoms with van der Waals surface area (Å²) >= 11 is 0. The summed E-state index contributed by atoms with van der Waals surface area (Å²) < 4.78 is 17.6. The molecule has 0 aliphatic heterocycles. The zero-order chi connectivity index (χ0) is 24.7. The molecule has 4 aromatic carbocycles. The zero-order valence-electron chi connectivity index (χ0n) is 19.5. The maximum atomic E-state index is 12.4. The third kappa shape index (κ3) is 5.26. The van der Waals surface area contributed by atoms with Crippen molar-refractivity contribution in [1.29, 1.82) is 0 Å². The number of ether oxygens (including phenoxy) is 3. The largest absolute Gasteiger partial charge is 0.493 e. The Morgan fingerprint density at radius 2 is 1.56 bits per heavy atom. The molecule has 1 amide bonds. The van der Waals surface area contributed by atoms with Gasteiger partial charge in [-0.2, -0.15) is 0 Å². The van der Waals surface area contributed by atoms with E-state index in [2.05, 4.69) is 15.3 Å². The first-order chi connectivity index (χ1) is 17.7. The number of benzene rings is 4. The molecule has 1 N–H and O–H groups in total. The number of nitrogens with zero attached hydrogens (tertiary/aromatic N) is 2. The predicted molar refractivity (Wildman–Crippen MR) is 138 cm³/mol. The van der Waals surface area contributed by atoms with Crippen LogP contribution in [-0.2, 0) is 6.61 Å². The Bertz CT molecular complexity index is 1470. The number of carbonyl (C=O) groups is 1. The van der Waals surface area contributed by atoms with E-state index in [-0.39, 0.29) is 5.91 Å². The number of hydrogen-bond donors (Lipinski definition) is 1. The lowest BCUT2D eigenvalue weighted by molar-refractivity contribution is 0.102. The van der Waals surface area contributed by atoms with E-state index < -0.39 is 0 Å². The van der Waals surface area contributed by atoms with E-state index in [1.807, 2.05) is 54.6 Å². The number of nitrogens with one attached hydrogen (secondary N) is 1. The Balaban J connectivity index is 1.33. The zero-order valence-corrected chi connectivity index (χ0v) is 19.5. The lowest BCUT2D eigenvalue weighted by Crippen LogP contribution is -2.11. The summed E-state index contributed by atoms with van der Waals surface area (Å²) in [5.41, 5.74) is 2.96. The van der Waals surface area contributed by atoms with Crippen molar-refractivity contribution in [1.82, 2.24) is 9.97 Å². The molecule has 0 fully saturated rings. The minimum absolute atomic E-state index is 0.177. The minimum atomic E-state index is -0.177. The Morgan fingerprint density at radius 1 is 0.833 bits per heavy atom. The van der Waals surface area contributed by atoms with Crippen LogP contribution < -0.4 is 19.5 Å². The first-order valence-electron chi connectivity index (χ1n) is 11.3. The van der Waals surface area contributed by atoms with E-state index >= 15 is 0 Å². The van der Waals surface area contributed by atoms with E-state index in [4.69, 9.17) is 14.2 Å². The van der Waals surface area contributed by atoms with Crippen molar-refractivity contribution >= 4 is 22.5 Å². The van der Waals surface area contributed by atoms with Crippen LogP contribution >= 0.6 is 0 Å². The molecule has 0 unspecified atom stereocenters. The molecule has 36 heavy (non-hydrogen) atoms. The van der Waals surface area contributed by atoms with Gasteiger partial charge in [0, 0.05) is 17.3 Å². The first-order valence-corrected chi connectivity index (χ1v) is 11.3. The molecule has 5 aromatic rings. The molecule has 178 valence electrons. The van der Waals surface area contributed by atoms with Gasteiger partial charge in [-0.1, -0.05) is 48.5 Å². The summed E-state index contributed by atoms with van der Waals surface area (Å²) in [6.07, 6.45) is 1.44. The van der Waals surface area contributed by atoms with Gasteiger partial charge in [0.2, 0.25) is 5.88 Å². The maximum absolute atomic E-state index is 12.4. The summed E-state index contributed by atoms with van der Waals surface area (Å²) in [5, 5.41) is 3.56. The lowest BCUT2D eigenvalue weighted by Gasteiger charge is -2.13. The Morgan fingerprint density at radius 3 is 2.28 bits per heavy atom. The molecule has 1 aromatic heterocycles. The van der Waals surface area contributed by atoms with Gasteiger partial charge in [0.15, 0.2) is 11.5 Å². The molecule has 0 spiro atoms. The number of amides is 1. The van der Waals surface area contributed by atoms with Gasteiger partial charge in [-0.05, 0) is 48.0 Å². The number of rotatable bonds is 8. The number of carbonyl (C=O) groups excluding carboxylic acids is 1. The number of methoxy groups -OCH3 is 1. The van der Waals surface area contributed by atoms with Gasteiger partial charge < -0.3 is 19.5 Å². The Labute approximate surface area is 208 Å². The highest BCUT2D eigenvalue weighted by Gasteiger charge is 2.14. The van der Waals surface area contributed by atoms with Crippen molar-refractivity contribution in [2.24, 2.45) is 0 Å². The van der Waals surface area contributed by atoms with E-state index in [0.29, 0.717) is 51.9 Å².